The van der Waals surface area contributed by atoms with Crippen molar-refractivity contribution in [3.05, 3.63) is 179 Å². The van der Waals surface area contributed by atoms with Crippen LogP contribution in [0.15, 0.2) is 156 Å². The van der Waals surface area contributed by atoms with E-state index in [0.29, 0.717) is 28.8 Å². The number of rotatable bonds is 4. The van der Waals surface area contributed by atoms with E-state index in [-0.39, 0.29) is 0 Å². The van der Waals surface area contributed by atoms with Gasteiger partial charge in [-0.15, -0.1) is 0 Å². The molecule has 0 saturated carbocycles. The van der Waals surface area contributed by atoms with E-state index in [1.54, 1.807) is 0 Å². The molecule has 8 heteroatoms. The Balaban J connectivity index is 1.18. The van der Waals surface area contributed by atoms with Gasteiger partial charge in [-0.1, -0.05) is 89.0 Å². The monoisotopic (exact) mass is 823 g/mol. The van der Waals surface area contributed by atoms with Gasteiger partial charge in [0, 0.05) is 48.7 Å². The third-order valence-corrected chi connectivity index (χ3v) is 13.0. The fourth-order valence-electron chi connectivity index (χ4n) is 10.1. The summed E-state index contributed by atoms with van der Waals surface area (Å²) in [5.41, 5.74) is 14.1. The molecule has 302 valence electrons. The fraction of sp³-hybridized carbons (Fsp3) is 0.0714. The number of nitrogens with zero attached hydrogens (tertiary/aromatic N) is 7. The summed E-state index contributed by atoms with van der Waals surface area (Å²) in [5.74, 6) is 1.37. The van der Waals surface area contributed by atoms with Crippen molar-refractivity contribution in [1.82, 2.24) is 28.7 Å². The molecule has 0 aliphatic heterocycles. The van der Waals surface area contributed by atoms with Crippen molar-refractivity contribution in [3.63, 3.8) is 0 Å². The molecule has 0 radical (unpaired) electrons. The maximum Gasteiger partial charge on any atom is 0.240 e. The number of aromatic nitrogens is 6. The first-order valence-electron chi connectivity index (χ1n) is 21.5. The summed E-state index contributed by atoms with van der Waals surface area (Å²) in [5, 5.41) is 19.2. The minimum atomic E-state index is 0.429. The zero-order valence-corrected chi connectivity index (χ0v) is 35.5. The Hall–Kier alpha value is -8.54. The molecule has 0 saturated heterocycles. The molecule has 0 amide bonds. The van der Waals surface area contributed by atoms with E-state index in [4.69, 9.17) is 19.4 Å². The molecule has 13 rings (SSSR count). The summed E-state index contributed by atoms with van der Waals surface area (Å²) in [6.45, 7) is 8.50. The smallest absolute Gasteiger partial charge is 0.240 e. The van der Waals surface area contributed by atoms with E-state index in [0.717, 1.165) is 93.0 Å². The Morgan fingerprint density at radius 1 is 0.438 bits per heavy atom. The highest BCUT2D eigenvalue weighted by molar-refractivity contribution is 6.22. The molecule has 0 bridgehead atoms. The van der Waals surface area contributed by atoms with Crippen molar-refractivity contribution >= 4 is 87.4 Å². The molecule has 64 heavy (non-hydrogen) atoms. The van der Waals surface area contributed by atoms with Crippen LogP contribution in [0.25, 0.3) is 116 Å². The highest BCUT2D eigenvalue weighted by atomic mass is 16.3. The van der Waals surface area contributed by atoms with Crippen LogP contribution in [0.1, 0.15) is 27.8 Å². The second-order valence-corrected chi connectivity index (χ2v) is 17.1. The van der Waals surface area contributed by atoms with Gasteiger partial charge < -0.3 is 8.98 Å². The minimum Gasteiger partial charge on any atom is -0.454 e. The topological polar surface area (TPSA) is 90.4 Å². The predicted molar refractivity (Wildman–Crippen MR) is 259 cm³/mol. The Morgan fingerprint density at radius 2 is 0.938 bits per heavy atom. The molecule has 8 aromatic carbocycles. The van der Waals surface area contributed by atoms with Gasteiger partial charge in [-0.2, -0.15) is 20.2 Å². The number of furan rings is 1. The molecule has 0 unspecified atom stereocenters. The Bertz CT molecular complexity index is 3950. The largest absolute Gasteiger partial charge is 0.454 e. The molecule has 0 fully saturated rings. The molecule has 5 aromatic heterocycles. The molecule has 0 atom stereocenters. The van der Waals surface area contributed by atoms with Gasteiger partial charge in [0.25, 0.3) is 0 Å². The Kier molecular flexibility index (Phi) is 7.47. The van der Waals surface area contributed by atoms with Crippen molar-refractivity contribution in [2.24, 2.45) is 0 Å². The summed E-state index contributed by atoms with van der Waals surface area (Å²) in [7, 11) is 0. The number of benzene rings is 8. The van der Waals surface area contributed by atoms with Crippen LogP contribution in [-0.4, -0.2) is 28.7 Å². The maximum atomic E-state index is 10.5. The first kappa shape index (κ1) is 36.1. The predicted octanol–water partition coefficient (Wildman–Crippen LogP) is 13.8. The van der Waals surface area contributed by atoms with Crippen LogP contribution in [0, 0.1) is 39.0 Å². The van der Waals surface area contributed by atoms with Gasteiger partial charge in [-0.25, -0.2) is 0 Å². The van der Waals surface area contributed by atoms with Gasteiger partial charge in [0.1, 0.15) is 5.58 Å². The van der Waals surface area contributed by atoms with Gasteiger partial charge in [-0.3, -0.25) is 9.13 Å². The lowest BCUT2D eigenvalue weighted by molar-refractivity contribution is 0.671. The number of hydrogen-bond acceptors (Lipinski definition) is 5. The van der Waals surface area contributed by atoms with E-state index >= 15 is 0 Å². The van der Waals surface area contributed by atoms with Gasteiger partial charge in [-0.05, 0) is 113 Å². The van der Waals surface area contributed by atoms with E-state index in [2.05, 4.69) is 163 Å². The van der Waals surface area contributed by atoms with E-state index in [9.17, 15) is 5.26 Å². The van der Waals surface area contributed by atoms with Gasteiger partial charge in [0.15, 0.2) is 11.4 Å². The summed E-state index contributed by atoms with van der Waals surface area (Å²) in [6.07, 6.45) is 0. The van der Waals surface area contributed by atoms with Crippen molar-refractivity contribution < 1.29 is 4.42 Å². The SMILES string of the molecule is Cc1ccc2c(c1)c1cc(C)ccc1n2-c1nc(-c2cc(C#N)ccc2-n2c3ccccc3c3ccc4c5ccccc5oc4c32)nc(-n2c3ccc(C)cc3c3cc(C)ccc32)n1. The lowest BCUT2D eigenvalue weighted by Gasteiger charge is -2.16. The Labute approximate surface area is 366 Å². The Morgan fingerprint density at radius 3 is 1.50 bits per heavy atom. The normalized spacial score (nSPS) is 12.0. The number of hydrogen-bond donors (Lipinski definition) is 0. The third kappa shape index (κ3) is 5.12. The van der Waals surface area contributed by atoms with Crippen LogP contribution >= 0.6 is 0 Å². The van der Waals surface area contributed by atoms with Crippen LogP contribution in [0.3, 0.4) is 0 Å². The van der Waals surface area contributed by atoms with Crippen LogP contribution in [-0.2, 0) is 0 Å². The second-order valence-electron chi connectivity index (χ2n) is 17.1. The number of para-hydroxylation sites is 2. The molecule has 0 N–H and O–H groups in total. The average Bonchev–Trinajstić information content (AvgIpc) is 4.04. The molecule has 5 heterocycles. The standard InChI is InChI=1S/C56H37N7O/c1-31-13-20-46-40(25-31)41-26-32(2)14-21-47(41)62(46)55-58-54(59-56(60-55)63-48-22-15-33(3)27-42(48)43-28-34(4)16-23-49(43)63)44-29-35(30-57)17-24-50(44)61-45-11-7-5-9-36(45)38-18-19-39-37-10-6-8-12-51(37)64-53(39)52(38)61/h5-29H,1-4H3. The summed E-state index contributed by atoms with van der Waals surface area (Å²) in [6, 6.07) is 55.3. The van der Waals surface area contributed by atoms with Gasteiger partial charge >= 0.3 is 0 Å². The van der Waals surface area contributed by atoms with Crippen molar-refractivity contribution in [3.8, 4) is 35.0 Å². The average molecular weight is 824 g/mol. The summed E-state index contributed by atoms with van der Waals surface area (Å²) in [4.78, 5) is 16.4. The molecular formula is C56H37N7O. The van der Waals surface area contributed by atoms with Crippen LogP contribution in [0.2, 0.25) is 0 Å². The number of fused-ring (bicyclic) bond motifs is 13. The highest BCUT2D eigenvalue weighted by Crippen LogP contribution is 2.43. The first-order valence-corrected chi connectivity index (χ1v) is 21.5. The van der Waals surface area contributed by atoms with Crippen molar-refractivity contribution in [2.75, 3.05) is 0 Å². The molecular weight excluding hydrogens is 787 g/mol. The zero-order chi connectivity index (χ0) is 43.0. The number of nitriles is 1. The third-order valence-electron chi connectivity index (χ3n) is 13.0. The first-order chi connectivity index (χ1) is 31.3. The summed E-state index contributed by atoms with van der Waals surface area (Å²) < 4.78 is 13.3. The maximum absolute atomic E-state index is 10.5. The quantitative estimate of drug-likeness (QED) is 0.176. The zero-order valence-electron chi connectivity index (χ0n) is 35.5. The molecule has 13 aromatic rings. The van der Waals surface area contributed by atoms with E-state index < -0.39 is 0 Å². The fourth-order valence-corrected chi connectivity index (χ4v) is 10.1. The molecule has 0 aliphatic rings. The highest BCUT2D eigenvalue weighted by Gasteiger charge is 2.25. The molecule has 0 aliphatic carbocycles. The van der Waals surface area contributed by atoms with Crippen molar-refractivity contribution in [1.29, 1.82) is 5.26 Å². The lowest BCUT2D eigenvalue weighted by atomic mass is 10.1. The van der Waals surface area contributed by atoms with E-state index in [1.165, 1.54) is 22.3 Å². The second kappa shape index (κ2) is 13.2. The van der Waals surface area contributed by atoms with Gasteiger partial charge in [0.2, 0.25) is 11.9 Å². The molecule has 8 nitrogen and oxygen atoms in total. The number of aryl methyl sites for hydroxylation is 4. The summed E-state index contributed by atoms with van der Waals surface area (Å²) >= 11 is 0. The van der Waals surface area contributed by atoms with Gasteiger partial charge in [0.05, 0.1) is 50.4 Å². The van der Waals surface area contributed by atoms with Crippen molar-refractivity contribution in [2.45, 2.75) is 27.7 Å². The van der Waals surface area contributed by atoms with Crippen LogP contribution in [0.4, 0.5) is 0 Å². The van der Waals surface area contributed by atoms with Crippen LogP contribution < -0.4 is 0 Å². The van der Waals surface area contributed by atoms with Crippen LogP contribution in [0.5, 0.6) is 0 Å². The lowest BCUT2D eigenvalue weighted by Crippen LogP contribution is -2.11. The molecule has 0 spiro atoms. The van der Waals surface area contributed by atoms with E-state index in [1.807, 2.05) is 36.4 Å². The minimum absolute atomic E-state index is 0.429.